The lowest BCUT2D eigenvalue weighted by atomic mass is 9.72. The average molecular weight is 477 g/mol. The highest BCUT2D eigenvalue weighted by atomic mass is 32.1. The molecule has 1 aromatic heterocycles. The van der Waals surface area contributed by atoms with Gasteiger partial charge in [0.1, 0.15) is 0 Å². The number of hydrogen-bond acceptors (Lipinski definition) is 5. The number of aromatic nitrogens is 2. The third kappa shape index (κ3) is 4.10. The first-order chi connectivity index (χ1) is 16.3. The van der Waals surface area contributed by atoms with Gasteiger partial charge in [0.2, 0.25) is 11.8 Å². The number of anilines is 1. The first kappa shape index (κ1) is 23.3. The van der Waals surface area contributed by atoms with Crippen LogP contribution >= 0.6 is 12.2 Å². The molecule has 0 aliphatic carbocycles. The van der Waals surface area contributed by atoms with E-state index < -0.39 is 5.41 Å². The van der Waals surface area contributed by atoms with Gasteiger partial charge in [-0.05, 0) is 61.0 Å². The Morgan fingerprint density at radius 1 is 1.21 bits per heavy atom. The fourth-order valence-corrected chi connectivity index (χ4v) is 4.60. The Balaban J connectivity index is 1.57. The second-order valence-corrected chi connectivity index (χ2v) is 8.63. The van der Waals surface area contributed by atoms with Crippen LogP contribution in [0.3, 0.4) is 0 Å². The van der Waals surface area contributed by atoms with Crippen molar-refractivity contribution in [1.29, 1.82) is 0 Å². The maximum atomic E-state index is 12.8. The zero-order valence-corrected chi connectivity index (χ0v) is 19.5. The Labute approximate surface area is 200 Å². The first-order valence-electron chi connectivity index (χ1n) is 10.9. The number of amides is 3. The minimum Gasteiger partial charge on any atom is -0.332 e. The molecule has 4 rings (SSSR count). The second kappa shape index (κ2) is 9.18. The number of aromatic amines is 1. The summed E-state index contributed by atoms with van der Waals surface area (Å²) in [7, 11) is 0. The summed E-state index contributed by atoms with van der Waals surface area (Å²) in [5.41, 5.74) is 1.18. The number of nitrogens with one attached hydrogen (secondary N) is 3. The van der Waals surface area contributed by atoms with Crippen LogP contribution in [-0.4, -0.2) is 27.3 Å². The molecule has 0 spiro atoms. The molecule has 174 valence electrons. The van der Waals surface area contributed by atoms with E-state index >= 15 is 0 Å². The van der Waals surface area contributed by atoms with E-state index in [0.29, 0.717) is 48.0 Å². The summed E-state index contributed by atoms with van der Waals surface area (Å²) in [6.45, 7) is 5.85. The Kier molecular flexibility index (Phi) is 6.30. The molecule has 0 radical (unpaired) electrons. The molecular formula is C25H24N4O4S. The van der Waals surface area contributed by atoms with Gasteiger partial charge >= 0.3 is 0 Å². The van der Waals surface area contributed by atoms with Crippen LogP contribution < -0.4 is 16.2 Å². The number of rotatable bonds is 6. The lowest BCUT2D eigenvalue weighted by Gasteiger charge is -2.35. The minimum atomic E-state index is -0.759. The second-order valence-electron chi connectivity index (χ2n) is 8.24. The van der Waals surface area contributed by atoms with Crippen LogP contribution in [0.5, 0.6) is 0 Å². The van der Waals surface area contributed by atoms with Gasteiger partial charge in [0.05, 0.1) is 16.3 Å². The van der Waals surface area contributed by atoms with Crippen LogP contribution in [0.15, 0.2) is 59.9 Å². The van der Waals surface area contributed by atoms with Gasteiger partial charge in [-0.1, -0.05) is 25.1 Å². The number of allylic oxidation sites excluding steroid dienone is 1. The number of carbonyl (C=O) groups is 3. The highest BCUT2D eigenvalue weighted by molar-refractivity contribution is 7.71. The van der Waals surface area contributed by atoms with Crippen LogP contribution in [-0.2, 0) is 21.5 Å². The van der Waals surface area contributed by atoms with Gasteiger partial charge in [-0.25, -0.2) is 0 Å². The van der Waals surface area contributed by atoms with Gasteiger partial charge in [-0.2, -0.15) is 0 Å². The van der Waals surface area contributed by atoms with Crippen molar-refractivity contribution in [2.75, 3.05) is 5.32 Å². The van der Waals surface area contributed by atoms with Crippen molar-refractivity contribution in [1.82, 2.24) is 14.9 Å². The van der Waals surface area contributed by atoms with E-state index in [2.05, 4.69) is 22.2 Å². The van der Waals surface area contributed by atoms with Crippen molar-refractivity contribution in [2.24, 2.45) is 0 Å². The fraction of sp³-hybridized carbons (Fsp3) is 0.240. The largest absolute Gasteiger partial charge is 0.332 e. The van der Waals surface area contributed by atoms with E-state index in [-0.39, 0.29) is 28.1 Å². The van der Waals surface area contributed by atoms with Crippen molar-refractivity contribution in [3.63, 3.8) is 0 Å². The quantitative estimate of drug-likeness (QED) is 0.286. The molecule has 1 atom stereocenters. The van der Waals surface area contributed by atoms with E-state index in [0.717, 1.165) is 5.56 Å². The highest BCUT2D eigenvalue weighted by Gasteiger charge is 2.42. The van der Waals surface area contributed by atoms with E-state index in [9.17, 15) is 19.2 Å². The molecule has 3 N–H and O–H groups in total. The van der Waals surface area contributed by atoms with Crippen molar-refractivity contribution in [2.45, 2.75) is 38.1 Å². The van der Waals surface area contributed by atoms with Crippen LogP contribution in [0.25, 0.3) is 10.9 Å². The van der Waals surface area contributed by atoms with Gasteiger partial charge in [0, 0.05) is 24.2 Å². The molecule has 2 heterocycles. The zero-order chi connectivity index (χ0) is 24.5. The van der Waals surface area contributed by atoms with Gasteiger partial charge in [-0.15, -0.1) is 6.58 Å². The summed E-state index contributed by atoms with van der Waals surface area (Å²) < 4.78 is 1.65. The molecule has 3 aromatic rings. The molecule has 1 aliphatic heterocycles. The standard InChI is InChI=1S/C25H24N4O4S/c1-3-13-29-22(32)18-10-5-15(14-19(18)27-24(29)34)21(31)26-17-8-6-16(7-9-17)25(4-2)12-11-20(30)28-23(25)33/h3,5-10,14H,1,4,11-13H2,2H3,(H,26,31)(H,27,34)(H,28,30,33). The summed E-state index contributed by atoms with van der Waals surface area (Å²) in [6.07, 6.45) is 2.89. The smallest absolute Gasteiger partial charge is 0.262 e. The third-order valence-electron chi connectivity index (χ3n) is 6.32. The topological polar surface area (TPSA) is 113 Å². The van der Waals surface area contributed by atoms with Crippen LogP contribution in [0.1, 0.15) is 42.1 Å². The number of fused-ring (bicyclic) bond motifs is 1. The van der Waals surface area contributed by atoms with Crippen molar-refractivity contribution < 1.29 is 14.4 Å². The third-order valence-corrected chi connectivity index (χ3v) is 6.64. The van der Waals surface area contributed by atoms with Gasteiger partial charge < -0.3 is 10.3 Å². The Morgan fingerprint density at radius 2 is 1.94 bits per heavy atom. The molecule has 0 saturated carbocycles. The molecule has 1 unspecified atom stereocenters. The van der Waals surface area contributed by atoms with Crippen molar-refractivity contribution in [3.8, 4) is 0 Å². The summed E-state index contributed by atoms with van der Waals surface area (Å²) in [4.78, 5) is 52.6. The molecule has 3 amide bonds. The Hall–Kier alpha value is -3.85. The van der Waals surface area contributed by atoms with Crippen molar-refractivity contribution in [3.05, 3.63) is 81.4 Å². The molecular weight excluding hydrogens is 452 g/mol. The average Bonchev–Trinajstić information content (AvgIpc) is 2.82. The molecule has 8 nitrogen and oxygen atoms in total. The zero-order valence-electron chi connectivity index (χ0n) is 18.6. The lowest BCUT2D eigenvalue weighted by molar-refractivity contribution is -0.138. The molecule has 9 heteroatoms. The van der Waals surface area contributed by atoms with Crippen molar-refractivity contribution >= 4 is 46.5 Å². The monoisotopic (exact) mass is 476 g/mol. The minimum absolute atomic E-state index is 0.250. The maximum absolute atomic E-state index is 12.8. The predicted octanol–water partition coefficient (Wildman–Crippen LogP) is 3.58. The molecule has 2 aromatic carbocycles. The number of carbonyl (C=O) groups excluding carboxylic acids is 3. The summed E-state index contributed by atoms with van der Waals surface area (Å²) >= 11 is 5.26. The number of piperidine rings is 1. The number of H-pyrrole nitrogens is 1. The van der Waals surface area contributed by atoms with Crippen LogP contribution in [0, 0.1) is 4.77 Å². The summed E-state index contributed by atoms with van der Waals surface area (Å²) in [5, 5.41) is 5.69. The van der Waals surface area contributed by atoms with E-state index in [1.54, 1.807) is 48.5 Å². The molecule has 1 saturated heterocycles. The van der Waals surface area contributed by atoms with Gasteiger partial charge in [-0.3, -0.25) is 29.1 Å². The lowest BCUT2D eigenvalue weighted by Crippen LogP contribution is -2.51. The van der Waals surface area contributed by atoms with Gasteiger partial charge in [0.15, 0.2) is 4.77 Å². The molecule has 0 bridgehead atoms. The summed E-state index contributed by atoms with van der Waals surface area (Å²) in [5.74, 6) is -0.896. The van der Waals surface area contributed by atoms with E-state index in [1.807, 2.05) is 6.92 Å². The number of imide groups is 1. The highest BCUT2D eigenvalue weighted by Crippen LogP contribution is 2.36. The maximum Gasteiger partial charge on any atom is 0.262 e. The van der Waals surface area contributed by atoms with E-state index in [4.69, 9.17) is 12.2 Å². The van der Waals surface area contributed by atoms with Crippen LogP contribution in [0.2, 0.25) is 0 Å². The number of hydrogen-bond donors (Lipinski definition) is 3. The van der Waals surface area contributed by atoms with Gasteiger partial charge in [0.25, 0.3) is 11.5 Å². The van der Waals surface area contributed by atoms with E-state index in [1.165, 1.54) is 4.57 Å². The SMILES string of the molecule is C=CCn1c(=S)[nH]c2cc(C(=O)Nc3ccc(C4(CC)CCC(=O)NC4=O)cc3)ccc2c1=O. The Bertz CT molecular complexity index is 1440. The number of nitrogens with zero attached hydrogens (tertiary/aromatic N) is 1. The molecule has 1 fully saturated rings. The number of benzene rings is 2. The molecule has 1 aliphatic rings. The normalized spacial score (nSPS) is 17.9. The first-order valence-corrected chi connectivity index (χ1v) is 11.3. The molecule has 34 heavy (non-hydrogen) atoms. The summed E-state index contributed by atoms with van der Waals surface area (Å²) in [6, 6.07) is 11.8. The Morgan fingerprint density at radius 3 is 2.59 bits per heavy atom. The predicted molar refractivity (Wildman–Crippen MR) is 132 cm³/mol. The van der Waals surface area contributed by atoms with Crippen LogP contribution in [0.4, 0.5) is 5.69 Å². The fourth-order valence-electron chi connectivity index (χ4n) is 4.33.